The number of anilines is 2. The van der Waals surface area contributed by atoms with Crippen LogP contribution in [0.4, 0.5) is 11.4 Å². The summed E-state index contributed by atoms with van der Waals surface area (Å²) in [5.74, 6) is 0.750. The number of hydrogen-bond donors (Lipinski definition) is 3. The average molecular weight is 424 g/mol. The average Bonchev–Trinajstić information content (AvgIpc) is 3.09. The molecule has 1 atom stereocenters. The van der Waals surface area contributed by atoms with Crippen molar-refractivity contribution in [2.45, 2.75) is 19.4 Å². The van der Waals surface area contributed by atoms with E-state index < -0.39 is 0 Å². The normalized spacial score (nSPS) is 18.7. The molecule has 5 rings (SSSR count). The number of nitrogens with zero attached hydrogens (tertiary/aromatic N) is 2. The number of ether oxygens (including phenoxy) is 1. The topological polar surface area (TPSA) is 92.5 Å². The molecule has 0 bridgehead atoms. The number of aromatic nitrogens is 1. The third-order valence-electron chi connectivity index (χ3n) is 5.71. The number of carbonyl (C=O) groups is 1. The lowest BCUT2D eigenvalue weighted by Crippen LogP contribution is -2.44. The van der Waals surface area contributed by atoms with Gasteiger partial charge in [-0.15, -0.1) is 11.3 Å². The molecule has 7 nitrogen and oxygen atoms in total. The van der Waals surface area contributed by atoms with Gasteiger partial charge >= 0.3 is 0 Å². The highest BCUT2D eigenvalue weighted by Gasteiger charge is 2.25. The molecule has 30 heavy (non-hydrogen) atoms. The number of hydrogen-bond acceptors (Lipinski definition) is 7. The van der Waals surface area contributed by atoms with E-state index in [0.29, 0.717) is 17.2 Å². The molecule has 4 N–H and O–H groups in total. The Morgan fingerprint density at radius 2 is 2.13 bits per heavy atom. The number of nitrogens with one attached hydrogen (secondary N) is 2. The van der Waals surface area contributed by atoms with E-state index in [2.05, 4.69) is 38.7 Å². The van der Waals surface area contributed by atoms with Crippen LogP contribution in [0.3, 0.4) is 0 Å². The van der Waals surface area contributed by atoms with Crippen LogP contribution in [-0.4, -0.2) is 49.7 Å². The Morgan fingerprint density at radius 3 is 2.97 bits per heavy atom. The summed E-state index contributed by atoms with van der Waals surface area (Å²) in [6, 6.07) is 10.1. The number of nitrogens with two attached hydrogens (primary N) is 1. The molecule has 0 unspecified atom stereocenters. The summed E-state index contributed by atoms with van der Waals surface area (Å²) >= 11 is 1.34. The second-order valence-electron chi connectivity index (χ2n) is 7.86. The summed E-state index contributed by atoms with van der Waals surface area (Å²) in [6.45, 7) is 6.39. The van der Waals surface area contributed by atoms with Gasteiger partial charge in [0.25, 0.3) is 5.91 Å². The largest absolute Gasteiger partial charge is 0.491 e. The van der Waals surface area contributed by atoms with Crippen molar-refractivity contribution in [3.05, 3.63) is 46.5 Å². The van der Waals surface area contributed by atoms with Gasteiger partial charge < -0.3 is 26.0 Å². The van der Waals surface area contributed by atoms with Crippen LogP contribution in [0.25, 0.3) is 10.2 Å². The number of carbonyl (C=O) groups excluding carboxylic acids is 1. The zero-order valence-electron chi connectivity index (χ0n) is 16.9. The molecule has 2 aliphatic heterocycles. The smallest absolute Gasteiger partial charge is 0.263 e. The van der Waals surface area contributed by atoms with E-state index in [0.717, 1.165) is 59.8 Å². The number of nitrogen functional groups attached to an aromatic ring is 1. The Bertz CT molecular complexity index is 1110. The monoisotopic (exact) mass is 423 g/mol. The third kappa shape index (κ3) is 3.57. The zero-order valence-corrected chi connectivity index (χ0v) is 17.7. The van der Waals surface area contributed by atoms with Gasteiger partial charge in [0.2, 0.25) is 0 Å². The Balaban J connectivity index is 1.29. The van der Waals surface area contributed by atoms with Crippen molar-refractivity contribution in [3.63, 3.8) is 0 Å². The highest BCUT2D eigenvalue weighted by atomic mass is 32.1. The molecular weight excluding hydrogens is 398 g/mol. The molecule has 4 heterocycles. The van der Waals surface area contributed by atoms with E-state index in [9.17, 15) is 4.79 Å². The van der Waals surface area contributed by atoms with E-state index in [1.54, 1.807) is 0 Å². The Morgan fingerprint density at radius 1 is 1.30 bits per heavy atom. The molecule has 1 fully saturated rings. The summed E-state index contributed by atoms with van der Waals surface area (Å²) in [7, 11) is 0. The molecule has 2 aliphatic rings. The van der Waals surface area contributed by atoms with E-state index in [4.69, 9.17) is 10.5 Å². The number of benzene rings is 1. The van der Waals surface area contributed by atoms with Crippen molar-refractivity contribution in [3.8, 4) is 5.75 Å². The number of amides is 1. The van der Waals surface area contributed by atoms with Gasteiger partial charge in [-0.1, -0.05) is 6.07 Å². The summed E-state index contributed by atoms with van der Waals surface area (Å²) in [5.41, 5.74) is 9.95. The molecule has 1 amide bonds. The van der Waals surface area contributed by atoms with Crippen LogP contribution in [-0.2, 0) is 6.42 Å². The number of aryl methyl sites for hydroxylation is 1. The lowest BCUT2D eigenvalue weighted by atomic mass is 10.0. The molecule has 156 valence electrons. The third-order valence-corrected chi connectivity index (χ3v) is 6.83. The van der Waals surface area contributed by atoms with Gasteiger partial charge in [0.05, 0.1) is 11.7 Å². The predicted molar refractivity (Wildman–Crippen MR) is 121 cm³/mol. The highest BCUT2D eigenvalue weighted by molar-refractivity contribution is 7.21. The Kier molecular flexibility index (Phi) is 4.96. The standard InChI is InChI=1S/C22H25N5O2S/c1-13-2-5-17-19(23)20(30-22(17)25-13)21(28)26-15-10-14-3-4-16(11-18(14)29-12-15)27-8-6-24-7-9-27/h2-5,11,15,24H,6-10,12,23H2,1H3,(H,26,28)/t15-/m0/s1. The van der Waals surface area contributed by atoms with Crippen molar-refractivity contribution in [2.24, 2.45) is 0 Å². The first kappa shape index (κ1) is 19.1. The van der Waals surface area contributed by atoms with Gasteiger partial charge in [-0.25, -0.2) is 4.98 Å². The minimum atomic E-state index is -0.164. The maximum Gasteiger partial charge on any atom is 0.263 e. The van der Waals surface area contributed by atoms with Crippen LogP contribution >= 0.6 is 11.3 Å². The van der Waals surface area contributed by atoms with Gasteiger partial charge in [-0.3, -0.25) is 4.79 Å². The second kappa shape index (κ2) is 7.77. The SMILES string of the molecule is Cc1ccc2c(N)c(C(=O)N[C@@H]3COc4cc(N5CCNCC5)ccc4C3)sc2n1. The molecule has 1 aromatic carbocycles. The lowest BCUT2D eigenvalue weighted by molar-refractivity contribution is 0.0920. The molecular formula is C22H25N5O2S. The number of thiophene rings is 1. The first-order valence-electron chi connectivity index (χ1n) is 10.3. The maximum atomic E-state index is 12.9. The van der Waals surface area contributed by atoms with Crippen LogP contribution in [0.1, 0.15) is 20.9 Å². The highest BCUT2D eigenvalue weighted by Crippen LogP contribution is 2.33. The van der Waals surface area contributed by atoms with Crippen LogP contribution in [0.5, 0.6) is 5.75 Å². The molecule has 0 aliphatic carbocycles. The van der Waals surface area contributed by atoms with Gasteiger partial charge in [0, 0.05) is 49.0 Å². The van der Waals surface area contributed by atoms with Gasteiger partial charge in [0.1, 0.15) is 22.1 Å². The summed E-state index contributed by atoms with van der Waals surface area (Å²) in [4.78, 5) is 21.1. The number of rotatable bonds is 3. The van der Waals surface area contributed by atoms with Crippen LogP contribution in [0.2, 0.25) is 0 Å². The van der Waals surface area contributed by atoms with E-state index in [1.165, 1.54) is 17.0 Å². The molecule has 0 spiro atoms. The minimum Gasteiger partial charge on any atom is -0.491 e. The summed E-state index contributed by atoms with van der Waals surface area (Å²) in [5, 5.41) is 7.30. The number of fused-ring (bicyclic) bond motifs is 2. The van der Waals surface area contributed by atoms with Crippen molar-refractivity contribution in [1.82, 2.24) is 15.6 Å². The van der Waals surface area contributed by atoms with Crippen LogP contribution in [0, 0.1) is 6.92 Å². The minimum absolute atomic E-state index is 0.0886. The summed E-state index contributed by atoms with van der Waals surface area (Å²) in [6.07, 6.45) is 0.741. The fourth-order valence-corrected chi connectivity index (χ4v) is 5.13. The quantitative estimate of drug-likeness (QED) is 0.599. The number of pyridine rings is 1. The van der Waals surface area contributed by atoms with Crippen molar-refractivity contribution < 1.29 is 9.53 Å². The molecule has 2 aromatic heterocycles. The van der Waals surface area contributed by atoms with Crippen molar-refractivity contribution in [1.29, 1.82) is 0 Å². The fourth-order valence-electron chi connectivity index (χ4n) is 4.08. The molecule has 0 saturated carbocycles. The number of piperazine rings is 1. The van der Waals surface area contributed by atoms with Crippen molar-refractivity contribution in [2.75, 3.05) is 43.4 Å². The second-order valence-corrected chi connectivity index (χ2v) is 8.86. The fraction of sp³-hybridized carbons (Fsp3) is 0.364. The lowest BCUT2D eigenvalue weighted by Gasteiger charge is -2.31. The van der Waals surface area contributed by atoms with Gasteiger partial charge in [-0.05, 0) is 37.1 Å². The van der Waals surface area contributed by atoms with Gasteiger partial charge in [0.15, 0.2) is 0 Å². The van der Waals surface area contributed by atoms with E-state index >= 15 is 0 Å². The van der Waals surface area contributed by atoms with E-state index in [1.807, 2.05) is 19.1 Å². The Labute approximate surface area is 179 Å². The molecule has 3 aromatic rings. The van der Waals surface area contributed by atoms with E-state index in [-0.39, 0.29) is 11.9 Å². The molecule has 8 heteroatoms. The van der Waals surface area contributed by atoms with Crippen LogP contribution < -0.4 is 26.0 Å². The predicted octanol–water partition coefficient (Wildman–Crippen LogP) is 2.33. The summed E-state index contributed by atoms with van der Waals surface area (Å²) < 4.78 is 6.01. The van der Waals surface area contributed by atoms with Gasteiger partial charge in [-0.2, -0.15) is 0 Å². The van der Waals surface area contributed by atoms with Crippen molar-refractivity contribution >= 4 is 38.8 Å². The molecule has 0 radical (unpaired) electrons. The van der Waals surface area contributed by atoms with Crippen LogP contribution in [0.15, 0.2) is 30.3 Å². The Hall–Kier alpha value is -2.84. The molecule has 1 saturated heterocycles. The first-order valence-corrected chi connectivity index (χ1v) is 11.1. The zero-order chi connectivity index (χ0) is 20.7. The maximum absolute atomic E-state index is 12.9. The first-order chi connectivity index (χ1) is 14.6.